The molecule has 1 amide bonds. The molecule has 1 aliphatic rings. The van der Waals surface area contributed by atoms with Crippen molar-refractivity contribution in [1.29, 1.82) is 0 Å². The molecule has 37 heavy (non-hydrogen) atoms. The summed E-state index contributed by atoms with van der Waals surface area (Å²) in [6.07, 6.45) is 4.43. The van der Waals surface area contributed by atoms with E-state index < -0.39 is 24.2 Å². The quantitative estimate of drug-likeness (QED) is 0.342. The van der Waals surface area contributed by atoms with Gasteiger partial charge in [0.25, 0.3) is 0 Å². The molecular formula is C30H42ClNO5. The van der Waals surface area contributed by atoms with Crippen molar-refractivity contribution in [3.63, 3.8) is 0 Å². The van der Waals surface area contributed by atoms with Gasteiger partial charge in [-0.25, -0.2) is 0 Å². The molecule has 204 valence electrons. The minimum atomic E-state index is -1.25. The summed E-state index contributed by atoms with van der Waals surface area (Å²) in [5.74, 6) is -0.521. The van der Waals surface area contributed by atoms with Crippen molar-refractivity contribution in [2.24, 2.45) is 11.3 Å². The van der Waals surface area contributed by atoms with Crippen LogP contribution in [0.3, 0.4) is 0 Å². The number of aryl methyl sites for hydroxylation is 1. The standard InChI is InChI=1S/C30H42ClNO5/c1-4-22-10-7-11-23(18-22)27-25(13-8-14-26(27)31)30(36,15-5-6-17-37-3)24-12-9-16-32(19-24)28(35)29(2,20-33)21-34/h7-8,10-11,13-14,18,24,33-34,36H,4-6,9,12,15-17,19-21H2,1-3H3. The molecule has 2 atom stereocenters. The molecule has 7 heteroatoms. The van der Waals surface area contributed by atoms with Gasteiger partial charge in [-0.15, -0.1) is 0 Å². The van der Waals surface area contributed by atoms with Crippen LogP contribution >= 0.6 is 11.6 Å². The fraction of sp³-hybridized carbons (Fsp3) is 0.567. The molecule has 2 aromatic carbocycles. The second kappa shape index (κ2) is 13.2. The zero-order chi connectivity index (χ0) is 27.1. The predicted molar refractivity (Wildman–Crippen MR) is 147 cm³/mol. The predicted octanol–water partition coefficient (Wildman–Crippen LogP) is 4.80. The van der Waals surface area contributed by atoms with Gasteiger partial charge < -0.3 is 25.0 Å². The molecule has 1 saturated heterocycles. The van der Waals surface area contributed by atoms with E-state index in [0.717, 1.165) is 48.8 Å². The lowest BCUT2D eigenvalue weighted by molar-refractivity contribution is -0.151. The van der Waals surface area contributed by atoms with E-state index in [1.54, 1.807) is 18.9 Å². The number of carbonyl (C=O) groups is 1. The summed E-state index contributed by atoms with van der Waals surface area (Å²) < 4.78 is 5.25. The van der Waals surface area contributed by atoms with Crippen molar-refractivity contribution in [1.82, 2.24) is 4.90 Å². The lowest BCUT2D eigenvalue weighted by atomic mass is 9.71. The van der Waals surface area contributed by atoms with E-state index in [9.17, 15) is 20.1 Å². The molecule has 1 heterocycles. The number of nitrogens with zero attached hydrogens (tertiary/aromatic N) is 1. The number of aliphatic hydroxyl groups is 3. The van der Waals surface area contributed by atoms with E-state index in [1.807, 2.05) is 30.3 Å². The first-order chi connectivity index (χ1) is 17.7. The second-order valence-electron chi connectivity index (χ2n) is 10.6. The monoisotopic (exact) mass is 531 g/mol. The molecule has 3 N–H and O–H groups in total. The van der Waals surface area contributed by atoms with E-state index in [0.29, 0.717) is 31.1 Å². The molecule has 0 aromatic heterocycles. The Balaban J connectivity index is 2.06. The zero-order valence-electron chi connectivity index (χ0n) is 22.4. The van der Waals surface area contributed by atoms with E-state index in [1.165, 1.54) is 5.56 Å². The Hall–Kier alpha value is -1.96. The van der Waals surface area contributed by atoms with Crippen molar-refractivity contribution in [2.45, 2.75) is 58.0 Å². The number of amides is 1. The molecule has 0 saturated carbocycles. The van der Waals surface area contributed by atoms with Crippen molar-refractivity contribution >= 4 is 17.5 Å². The molecule has 2 unspecified atom stereocenters. The van der Waals surface area contributed by atoms with Gasteiger partial charge in [0, 0.05) is 43.3 Å². The molecule has 1 aliphatic heterocycles. The number of rotatable bonds is 12. The van der Waals surface area contributed by atoms with Gasteiger partial charge in [-0.3, -0.25) is 4.79 Å². The fourth-order valence-corrected chi connectivity index (χ4v) is 5.73. The van der Waals surface area contributed by atoms with Crippen LogP contribution in [0.25, 0.3) is 11.1 Å². The Bertz CT molecular complexity index is 1040. The van der Waals surface area contributed by atoms with Crippen LogP contribution in [0.4, 0.5) is 0 Å². The molecule has 0 radical (unpaired) electrons. The number of unbranched alkanes of at least 4 members (excludes halogenated alkanes) is 1. The number of aliphatic hydroxyl groups excluding tert-OH is 2. The van der Waals surface area contributed by atoms with E-state index in [-0.39, 0.29) is 11.8 Å². The topological polar surface area (TPSA) is 90.2 Å². The first-order valence-corrected chi connectivity index (χ1v) is 13.7. The van der Waals surface area contributed by atoms with Crippen LogP contribution in [0.15, 0.2) is 42.5 Å². The summed E-state index contributed by atoms with van der Waals surface area (Å²) in [7, 11) is 1.67. The smallest absolute Gasteiger partial charge is 0.233 e. The Morgan fingerprint density at radius 2 is 1.89 bits per heavy atom. The van der Waals surface area contributed by atoms with Crippen LogP contribution in [0.5, 0.6) is 0 Å². The third kappa shape index (κ3) is 6.55. The fourth-order valence-electron chi connectivity index (χ4n) is 5.44. The molecule has 6 nitrogen and oxygen atoms in total. The third-order valence-corrected chi connectivity index (χ3v) is 8.17. The number of hydrogen-bond acceptors (Lipinski definition) is 5. The maximum Gasteiger partial charge on any atom is 0.233 e. The first-order valence-electron chi connectivity index (χ1n) is 13.3. The number of methoxy groups -OCH3 is 1. The Labute approximate surface area is 226 Å². The average Bonchev–Trinajstić information content (AvgIpc) is 2.94. The highest BCUT2D eigenvalue weighted by Gasteiger charge is 2.45. The number of likely N-dealkylation sites (tertiary alicyclic amines) is 1. The Morgan fingerprint density at radius 1 is 1.16 bits per heavy atom. The van der Waals surface area contributed by atoms with E-state index >= 15 is 0 Å². The van der Waals surface area contributed by atoms with Crippen molar-refractivity contribution in [3.8, 4) is 11.1 Å². The lowest BCUT2D eigenvalue weighted by Gasteiger charge is -2.45. The number of halogens is 1. The largest absolute Gasteiger partial charge is 0.395 e. The maximum absolute atomic E-state index is 13.3. The molecule has 0 spiro atoms. The van der Waals surface area contributed by atoms with Crippen LogP contribution in [0, 0.1) is 11.3 Å². The van der Waals surface area contributed by atoms with Gasteiger partial charge in [0.15, 0.2) is 0 Å². The van der Waals surface area contributed by atoms with E-state index in [2.05, 4.69) is 19.1 Å². The van der Waals surface area contributed by atoms with Crippen molar-refractivity contribution in [2.75, 3.05) is 40.0 Å². The van der Waals surface area contributed by atoms with Gasteiger partial charge in [-0.2, -0.15) is 0 Å². The minimum absolute atomic E-state index is 0.235. The normalized spacial score (nSPS) is 18.0. The van der Waals surface area contributed by atoms with E-state index in [4.69, 9.17) is 16.3 Å². The molecule has 1 fully saturated rings. The highest BCUT2D eigenvalue weighted by molar-refractivity contribution is 6.33. The van der Waals surface area contributed by atoms with Crippen LogP contribution in [0.2, 0.25) is 5.02 Å². The van der Waals surface area contributed by atoms with Gasteiger partial charge in [0.2, 0.25) is 5.91 Å². The zero-order valence-corrected chi connectivity index (χ0v) is 23.1. The highest BCUT2D eigenvalue weighted by Crippen LogP contribution is 2.46. The number of piperidine rings is 1. The van der Waals surface area contributed by atoms with Crippen LogP contribution in [0.1, 0.15) is 57.1 Å². The SMILES string of the molecule is CCc1cccc(-c2c(Cl)cccc2C(O)(CCCCOC)C2CCCN(C(=O)C(C)(CO)CO)C2)c1. The van der Waals surface area contributed by atoms with Crippen molar-refractivity contribution < 1.29 is 24.9 Å². The summed E-state index contributed by atoms with van der Waals surface area (Å²) >= 11 is 6.81. The molecule has 0 aliphatic carbocycles. The van der Waals surface area contributed by atoms with Gasteiger partial charge in [0.05, 0.1) is 24.2 Å². The second-order valence-corrected chi connectivity index (χ2v) is 11.0. The van der Waals surface area contributed by atoms with Crippen LogP contribution in [-0.2, 0) is 21.6 Å². The number of ether oxygens (including phenoxy) is 1. The summed E-state index contributed by atoms with van der Waals surface area (Å²) in [6.45, 7) is 4.30. The first kappa shape index (κ1) is 29.6. The number of hydrogen-bond donors (Lipinski definition) is 3. The summed E-state index contributed by atoms with van der Waals surface area (Å²) in [6, 6.07) is 14.0. The Morgan fingerprint density at radius 3 is 2.57 bits per heavy atom. The van der Waals surface area contributed by atoms with Gasteiger partial charge in [-0.05, 0) is 68.2 Å². The number of benzene rings is 2. The lowest BCUT2D eigenvalue weighted by Crippen LogP contribution is -2.53. The molecular weight excluding hydrogens is 490 g/mol. The highest BCUT2D eigenvalue weighted by atomic mass is 35.5. The maximum atomic E-state index is 13.3. The van der Waals surface area contributed by atoms with Crippen LogP contribution in [-0.4, -0.2) is 66.1 Å². The minimum Gasteiger partial charge on any atom is -0.395 e. The van der Waals surface area contributed by atoms with Gasteiger partial charge >= 0.3 is 0 Å². The molecule has 2 aromatic rings. The van der Waals surface area contributed by atoms with Crippen LogP contribution < -0.4 is 0 Å². The Kier molecular flexibility index (Phi) is 10.6. The molecule has 3 rings (SSSR count). The third-order valence-electron chi connectivity index (χ3n) is 7.86. The van der Waals surface area contributed by atoms with Gasteiger partial charge in [-0.1, -0.05) is 54.9 Å². The summed E-state index contributed by atoms with van der Waals surface area (Å²) in [5, 5.41) is 32.8. The van der Waals surface area contributed by atoms with Gasteiger partial charge in [0.1, 0.15) is 0 Å². The summed E-state index contributed by atoms with van der Waals surface area (Å²) in [4.78, 5) is 15.0. The average molecular weight is 532 g/mol. The summed E-state index contributed by atoms with van der Waals surface area (Å²) in [5.41, 5.74) is 1.27. The molecule has 0 bridgehead atoms. The number of carbonyl (C=O) groups excluding carboxylic acids is 1. The van der Waals surface area contributed by atoms with Crippen molar-refractivity contribution in [3.05, 3.63) is 58.6 Å².